The fourth-order valence-corrected chi connectivity index (χ4v) is 4.24. The molecule has 0 aliphatic rings. The van der Waals surface area contributed by atoms with Crippen LogP contribution in [-0.4, -0.2) is 27.3 Å². The van der Waals surface area contributed by atoms with Gasteiger partial charge in [-0.25, -0.2) is 4.98 Å². The molecule has 7 heteroatoms. The zero-order valence-corrected chi connectivity index (χ0v) is 20.3. The zero-order chi connectivity index (χ0) is 23.5. The summed E-state index contributed by atoms with van der Waals surface area (Å²) in [6.07, 6.45) is 4.04. The van der Waals surface area contributed by atoms with Crippen LogP contribution in [0, 0.1) is 20.8 Å². The molecule has 168 valence electrons. The Morgan fingerprint density at radius 2 is 1.69 bits per heavy atom. The molecular weight excluding hydrogens is 420 g/mol. The van der Waals surface area contributed by atoms with Gasteiger partial charge in [0.15, 0.2) is 0 Å². The van der Waals surface area contributed by atoms with E-state index in [-0.39, 0.29) is 11.8 Å². The van der Waals surface area contributed by atoms with Crippen LogP contribution in [0.4, 0.5) is 5.69 Å². The molecule has 3 aromatic rings. The lowest BCUT2D eigenvalue weighted by molar-refractivity contribution is -0.124. The Kier molecular flexibility index (Phi) is 7.09. The fraction of sp³-hybridized carbons (Fsp3) is 0.360. The van der Waals surface area contributed by atoms with E-state index in [0.29, 0.717) is 21.8 Å². The molecule has 0 saturated carbocycles. The number of aromatic nitrogens is 2. The highest BCUT2D eigenvalue weighted by atomic mass is 32.1. The van der Waals surface area contributed by atoms with E-state index in [1.165, 1.54) is 11.3 Å². The van der Waals surface area contributed by atoms with E-state index in [4.69, 9.17) is 0 Å². The summed E-state index contributed by atoms with van der Waals surface area (Å²) in [5, 5.41) is 3.94. The number of nitrogens with zero attached hydrogens (tertiary/aromatic N) is 3. The van der Waals surface area contributed by atoms with Gasteiger partial charge in [-0.3, -0.25) is 19.5 Å². The number of thiazole rings is 1. The van der Waals surface area contributed by atoms with Crippen LogP contribution in [-0.2, 0) is 4.79 Å². The lowest BCUT2D eigenvalue weighted by Crippen LogP contribution is -2.50. The van der Waals surface area contributed by atoms with Crippen LogP contribution in [0.15, 0.2) is 48.8 Å². The second kappa shape index (κ2) is 9.61. The third kappa shape index (κ3) is 5.22. The van der Waals surface area contributed by atoms with Gasteiger partial charge in [0.2, 0.25) is 5.91 Å². The zero-order valence-electron chi connectivity index (χ0n) is 19.5. The number of pyridine rings is 1. The van der Waals surface area contributed by atoms with E-state index in [0.717, 1.165) is 17.0 Å². The Bertz CT molecular complexity index is 1090. The summed E-state index contributed by atoms with van der Waals surface area (Å²) in [5.74, 6) is -0.487. The van der Waals surface area contributed by atoms with Gasteiger partial charge in [-0.15, -0.1) is 11.3 Å². The van der Waals surface area contributed by atoms with Gasteiger partial charge in [0, 0.05) is 23.6 Å². The summed E-state index contributed by atoms with van der Waals surface area (Å²) >= 11 is 1.34. The fourth-order valence-electron chi connectivity index (χ4n) is 3.38. The normalized spacial score (nSPS) is 12.3. The highest BCUT2D eigenvalue weighted by molar-refractivity contribution is 7.13. The summed E-state index contributed by atoms with van der Waals surface area (Å²) in [4.78, 5) is 38.3. The second-order valence-corrected chi connectivity index (χ2v) is 9.77. The van der Waals surface area contributed by atoms with Crippen LogP contribution < -0.4 is 10.2 Å². The molecule has 0 fully saturated rings. The number of hydrogen-bond donors (Lipinski definition) is 1. The molecule has 1 N–H and O–H groups in total. The van der Waals surface area contributed by atoms with Crippen LogP contribution >= 0.6 is 11.3 Å². The van der Waals surface area contributed by atoms with E-state index in [1.54, 1.807) is 29.4 Å². The van der Waals surface area contributed by atoms with Gasteiger partial charge in [-0.2, -0.15) is 0 Å². The first kappa shape index (κ1) is 23.6. The highest BCUT2D eigenvalue weighted by Crippen LogP contribution is 2.32. The third-order valence-electron chi connectivity index (χ3n) is 5.50. The second-order valence-electron chi connectivity index (χ2n) is 8.57. The molecule has 1 atom stereocenters. The van der Waals surface area contributed by atoms with Crippen molar-refractivity contribution >= 4 is 28.8 Å². The number of carbonyl (C=O) groups is 2. The number of rotatable bonds is 7. The molecule has 3 rings (SSSR count). The number of hydrogen-bond acceptors (Lipinski definition) is 5. The topological polar surface area (TPSA) is 75.2 Å². The van der Waals surface area contributed by atoms with Gasteiger partial charge in [-0.05, 0) is 70.9 Å². The minimum atomic E-state index is -0.860. The predicted octanol–water partition coefficient (Wildman–Crippen LogP) is 5.16. The predicted molar refractivity (Wildman–Crippen MR) is 129 cm³/mol. The lowest BCUT2D eigenvalue weighted by Gasteiger charge is -2.34. The Labute approximate surface area is 193 Å². The van der Waals surface area contributed by atoms with Crippen LogP contribution in [0.1, 0.15) is 64.7 Å². The van der Waals surface area contributed by atoms with Gasteiger partial charge >= 0.3 is 0 Å². The number of aryl methyl sites for hydroxylation is 3. The average Bonchev–Trinajstić information content (AvgIpc) is 3.10. The van der Waals surface area contributed by atoms with Crippen molar-refractivity contribution in [1.29, 1.82) is 0 Å². The Morgan fingerprint density at radius 3 is 2.22 bits per heavy atom. The van der Waals surface area contributed by atoms with Crippen molar-refractivity contribution in [2.45, 2.75) is 59.5 Å². The highest BCUT2D eigenvalue weighted by Gasteiger charge is 2.36. The van der Waals surface area contributed by atoms with Crippen LogP contribution in [0.25, 0.3) is 0 Å². The first-order valence-electron chi connectivity index (χ1n) is 10.7. The molecule has 0 saturated heterocycles. The van der Waals surface area contributed by atoms with E-state index >= 15 is 0 Å². The van der Waals surface area contributed by atoms with Crippen LogP contribution in [0.5, 0.6) is 0 Å². The Morgan fingerprint density at radius 1 is 1.06 bits per heavy atom. The first-order chi connectivity index (χ1) is 15.1. The number of nitrogens with one attached hydrogen (secondary N) is 1. The van der Waals surface area contributed by atoms with Gasteiger partial charge in [0.05, 0.1) is 10.7 Å². The summed E-state index contributed by atoms with van der Waals surface area (Å²) < 4.78 is 0. The van der Waals surface area contributed by atoms with E-state index in [9.17, 15) is 9.59 Å². The Hall–Kier alpha value is -3.06. The van der Waals surface area contributed by atoms with Crippen LogP contribution in [0.2, 0.25) is 0 Å². The van der Waals surface area contributed by atoms with Gasteiger partial charge in [0.1, 0.15) is 10.9 Å². The smallest absolute Gasteiger partial charge is 0.271 e. The molecule has 0 aliphatic heterocycles. The van der Waals surface area contributed by atoms with Crippen molar-refractivity contribution in [3.8, 4) is 0 Å². The molecule has 0 radical (unpaired) electrons. The molecule has 1 aromatic carbocycles. The number of anilines is 1. The average molecular weight is 451 g/mol. The van der Waals surface area contributed by atoms with Crippen molar-refractivity contribution < 1.29 is 9.59 Å². The quantitative estimate of drug-likeness (QED) is 0.540. The molecular formula is C25H30N4O2S. The summed E-state index contributed by atoms with van der Waals surface area (Å²) in [6, 6.07) is 10.3. The third-order valence-corrected chi connectivity index (χ3v) is 6.56. The standard InChI is InChI=1S/C25H30N4O2S/c1-7-25(5,6)28-23(30)21(19-12-14-26-15-13-19)29(20-10-8-16(2)9-11-20)24(31)22-17(3)27-18(4)32-22/h8-15,21H,7H2,1-6H3,(H,28,30)/t21-/m1/s1. The SMILES string of the molecule is CCC(C)(C)NC(=O)[C@@H](c1ccncc1)N(C(=O)c1sc(C)nc1C)c1ccc(C)cc1. The summed E-state index contributed by atoms with van der Waals surface area (Å²) in [5.41, 5.74) is 2.66. The maximum Gasteiger partial charge on any atom is 0.271 e. The summed E-state index contributed by atoms with van der Waals surface area (Å²) in [6.45, 7) is 11.7. The monoisotopic (exact) mass is 450 g/mol. The van der Waals surface area contributed by atoms with Gasteiger partial charge in [0.25, 0.3) is 5.91 Å². The molecule has 32 heavy (non-hydrogen) atoms. The molecule has 0 aliphatic carbocycles. The van der Waals surface area contributed by atoms with E-state index < -0.39 is 11.6 Å². The largest absolute Gasteiger partial charge is 0.349 e. The molecule has 2 heterocycles. The van der Waals surface area contributed by atoms with Gasteiger partial charge < -0.3 is 5.32 Å². The minimum absolute atomic E-state index is 0.240. The van der Waals surface area contributed by atoms with Crippen molar-refractivity contribution in [3.63, 3.8) is 0 Å². The molecule has 2 amide bonds. The Balaban J connectivity index is 2.18. The molecule has 6 nitrogen and oxygen atoms in total. The van der Waals surface area contributed by atoms with Crippen molar-refractivity contribution in [1.82, 2.24) is 15.3 Å². The maximum atomic E-state index is 13.9. The summed E-state index contributed by atoms with van der Waals surface area (Å²) in [7, 11) is 0. The number of benzene rings is 1. The van der Waals surface area contributed by atoms with E-state index in [2.05, 4.69) is 15.3 Å². The first-order valence-corrected chi connectivity index (χ1v) is 11.5. The minimum Gasteiger partial charge on any atom is -0.349 e. The molecule has 0 spiro atoms. The number of amides is 2. The molecule has 0 bridgehead atoms. The van der Waals surface area contributed by atoms with Crippen LogP contribution in [0.3, 0.4) is 0 Å². The molecule has 0 unspecified atom stereocenters. The van der Waals surface area contributed by atoms with E-state index in [1.807, 2.05) is 65.8 Å². The molecule has 2 aromatic heterocycles. The lowest BCUT2D eigenvalue weighted by atomic mass is 9.98. The van der Waals surface area contributed by atoms with Crippen molar-refractivity contribution in [3.05, 3.63) is 75.5 Å². The number of carbonyl (C=O) groups excluding carboxylic acids is 2. The van der Waals surface area contributed by atoms with Crippen molar-refractivity contribution in [2.75, 3.05) is 4.90 Å². The van der Waals surface area contributed by atoms with Gasteiger partial charge in [-0.1, -0.05) is 24.6 Å². The van der Waals surface area contributed by atoms with Crippen molar-refractivity contribution in [2.24, 2.45) is 0 Å². The maximum absolute atomic E-state index is 13.9.